The quantitative estimate of drug-likeness (QED) is 0.395. The Bertz CT molecular complexity index is 140. The van der Waals surface area contributed by atoms with E-state index in [1.165, 1.54) is 0 Å². The van der Waals surface area contributed by atoms with Crippen LogP contribution in [0.3, 0.4) is 0 Å². The van der Waals surface area contributed by atoms with Gasteiger partial charge in [0.2, 0.25) is 0 Å². The number of aliphatic hydroxyl groups excluding tert-OH is 4. The zero-order valence-corrected chi connectivity index (χ0v) is 6.63. The molecule has 0 aliphatic carbocycles. The van der Waals surface area contributed by atoms with Gasteiger partial charge >= 0.3 is 0 Å². The average Bonchev–Trinajstić information content (AvgIpc) is 2.33. The van der Waals surface area contributed by atoms with Gasteiger partial charge in [-0.2, -0.15) is 0 Å². The molecule has 5 nitrogen and oxygen atoms in total. The lowest BCUT2D eigenvalue weighted by atomic mass is 10.1. The molecule has 1 rings (SSSR count). The molecular weight excluding hydrogens is 164 g/mol. The topological polar surface area (TPSA) is 90.2 Å². The van der Waals surface area contributed by atoms with Crippen LogP contribution in [-0.4, -0.2) is 58.1 Å². The summed E-state index contributed by atoms with van der Waals surface area (Å²) in [6.07, 6.45) is -3.08. The van der Waals surface area contributed by atoms with Crippen LogP contribution in [0.2, 0.25) is 0 Å². The maximum atomic E-state index is 9.29. The number of ether oxygens (including phenoxy) is 1. The van der Waals surface area contributed by atoms with Crippen molar-refractivity contribution in [3.63, 3.8) is 0 Å². The Labute approximate surface area is 70.2 Å². The van der Waals surface area contributed by atoms with Gasteiger partial charge in [-0.05, 0) is 6.42 Å². The minimum Gasteiger partial charge on any atom is -0.396 e. The second-order valence-electron chi connectivity index (χ2n) is 2.89. The van der Waals surface area contributed by atoms with Gasteiger partial charge in [-0.15, -0.1) is 0 Å². The first-order valence-electron chi connectivity index (χ1n) is 3.94. The summed E-state index contributed by atoms with van der Waals surface area (Å²) in [6, 6.07) is 0. The zero-order valence-electron chi connectivity index (χ0n) is 6.63. The molecule has 0 saturated carbocycles. The molecule has 4 N–H and O–H groups in total. The van der Waals surface area contributed by atoms with Crippen molar-refractivity contribution in [2.24, 2.45) is 0 Å². The van der Waals surface area contributed by atoms with E-state index < -0.39 is 24.4 Å². The van der Waals surface area contributed by atoms with E-state index in [2.05, 4.69) is 0 Å². The molecule has 0 spiro atoms. The highest BCUT2D eigenvalue weighted by Gasteiger charge is 2.41. The molecule has 0 aromatic carbocycles. The molecular formula is C7H14O5. The molecule has 12 heavy (non-hydrogen) atoms. The monoisotopic (exact) mass is 178 g/mol. The molecule has 0 aromatic rings. The second kappa shape index (κ2) is 4.15. The molecule has 1 fully saturated rings. The Balaban J connectivity index is 2.48. The van der Waals surface area contributed by atoms with E-state index >= 15 is 0 Å². The Hall–Kier alpha value is -0.200. The van der Waals surface area contributed by atoms with Gasteiger partial charge in [0, 0.05) is 6.61 Å². The van der Waals surface area contributed by atoms with Crippen molar-refractivity contribution in [2.45, 2.75) is 30.8 Å². The summed E-state index contributed by atoms with van der Waals surface area (Å²) in [5.41, 5.74) is 0. The number of hydrogen-bond acceptors (Lipinski definition) is 5. The van der Waals surface area contributed by atoms with Crippen molar-refractivity contribution in [3.05, 3.63) is 0 Å². The molecule has 0 radical (unpaired) electrons. The number of hydrogen-bond donors (Lipinski definition) is 4. The fraction of sp³-hybridized carbons (Fsp3) is 1.00. The van der Waals surface area contributed by atoms with Crippen LogP contribution >= 0.6 is 0 Å². The predicted molar refractivity (Wildman–Crippen MR) is 39.5 cm³/mol. The Morgan fingerprint density at radius 3 is 2.00 bits per heavy atom. The van der Waals surface area contributed by atoms with Crippen LogP contribution in [0.4, 0.5) is 0 Å². The van der Waals surface area contributed by atoms with Crippen LogP contribution in [0, 0.1) is 0 Å². The Kier molecular flexibility index (Phi) is 3.42. The van der Waals surface area contributed by atoms with Gasteiger partial charge in [-0.1, -0.05) is 0 Å². The third-order valence-corrected chi connectivity index (χ3v) is 2.05. The summed E-state index contributed by atoms with van der Waals surface area (Å²) < 4.78 is 5.07. The molecule has 0 amide bonds. The summed E-state index contributed by atoms with van der Waals surface area (Å²) in [4.78, 5) is 0. The molecule has 1 saturated heterocycles. The molecule has 0 aromatic heterocycles. The summed E-state index contributed by atoms with van der Waals surface area (Å²) in [5.74, 6) is 0. The Morgan fingerprint density at radius 1 is 1.00 bits per heavy atom. The molecule has 0 bridgehead atoms. The van der Waals surface area contributed by atoms with E-state index in [9.17, 15) is 10.2 Å². The van der Waals surface area contributed by atoms with Crippen LogP contribution < -0.4 is 0 Å². The zero-order chi connectivity index (χ0) is 9.14. The molecule has 72 valence electrons. The van der Waals surface area contributed by atoms with Crippen LogP contribution in [0.5, 0.6) is 0 Å². The molecule has 1 aliphatic heterocycles. The van der Waals surface area contributed by atoms with E-state index in [0.717, 1.165) is 0 Å². The fourth-order valence-corrected chi connectivity index (χ4v) is 1.34. The SMILES string of the molecule is OCC[C@@H]1O[C@H](CO)[C@@H](O)[C@@H]1O. The molecule has 4 atom stereocenters. The van der Waals surface area contributed by atoms with Gasteiger partial charge in [-0.25, -0.2) is 0 Å². The van der Waals surface area contributed by atoms with E-state index in [1.807, 2.05) is 0 Å². The normalized spacial score (nSPS) is 42.0. The van der Waals surface area contributed by atoms with E-state index in [0.29, 0.717) is 0 Å². The smallest absolute Gasteiger partial charge is 0.111 e. The highest BCUT2D eigenvalue weighted by atomic mass is 16.6. The number of aliphatic hydroxyl groups is 4. The molecule has 1 aliphatic rings. The largest absolute Gasteiger partial charge is 0.396 e. The summed E-state index contributed by atoms with van der Waals surface area (Å²) >= 11 is 0. The predicted octanol–water partition coefficient (Wildman–Crippen LogP) is -2.15. The van der Waals surface area contributed by atoms with Gasteiger partial charge in [0.1, 0.15) is 18.3 Å². The summed E-state index contributed by atoms with van der Waals surface area (Å²) in [6.45, 7) is -0.424. The van der Waals surface area contributed by atoms with Crippen molar-refractivity contribution in [1.82, 2.24) is 0 Å². The Morgan fingerprint density at radius 2 is 1.58 bits per heavy atom. The van der Waals surface area contributed by atoms with E-state index in [-0.39, 0.29) is 19.6 Å². The molecule has 0 unspecified atom stereocenters. The third-order valence-electron chi connectivity index (χ3n) is 2.05. The van der Waals surface area contributed by atoms with E-state index in [1.54, 1.807) is 0 Å². The van der Waals surface area contributed by atoms with Crippen molar-refractivity contribution >= 4 is 0 Å². The first-order valence-corrected chi connectivity index (χ1v) is 3.94. The highest BCUT2D eigenvalue weighted by Crippen LogP contribution is 2.22. The first kappa shape index (κ1) is 9.88. The minimum absolute atomic E-state index is 0.105. The lowest BCUT2D eigenvalue weighted by molar-refractivity contribution is -0.0280. The van der Waals surface area contributed by atoms with Gasteiger partial charge in [-0.3, -0.25) is 0 Å². The van der Waals surface area contributed by atoms with Crippen molar-refractivity contribution in [3.8, 4) is 0 Å². The summed E-state index contributed by atoms with van der Waals surface area (Å²) in [5, 5.41) is 35.8. The molecule has 5 heteroatoms. The van der Waals surface area contributed by atoms with Crippen molar-refractivity contribution in [1.29, 1.82) is 0 Å². The van der Waals surface area contributed by atoms with Gasteiger partial charge in [0.25, 0.3) is 0 Å². The maximum Gasteiger partial charge on any atom is 0.111 e. The maximum absolute atomic E-state index is 9.29. The first-order chi connectivity index (χ1) is 5.70. The second-order valence-corrected chi connectivity index (χ2v) is 2.89. The van der Waals surface area contributed by atoms with Crippen LogP contribution in [0.25, 0.3) is 0 Å². The average molecular weight is 178 g/mol. The molecule has 1 heterocycles. The fourth-order valence-electron chi connectivity index (χ4n) is 1.34. The van der Waals surface area contributed by atoms with Crippen LogP contribution in [0.1, 0.15) is 6.42 Å². The van der Waals surface area contributed by atoms with Crippen LogP contribution in [-0.2, 0) is 4.74 Å². The summed E-state index contributed by atoms with van der Waals surface area (Å²) in [7, 11) is 0. The van der Waals surface area contributed by atoms with Crippen LogP contribution in [0.15, 0.2) is 0 Å². The van der Waals surface area contributed by atoms with Gasteiger partial charge in [0.15, 0.2) is 0 Å². The van der Waals surface area contributed by atoms with E-state index in [4.69, 9.17) is 14.9 Å². The van der Waals surface area contributed by atoms with Gasteiger partial charge in [0.05, 0.1) is 12.7 Å². The lowest BCUT2D eigenvalue weighted by Gasteiger charge is -2.12. The third kappa shape index (κ3) is 1.75. The standard InChI is InChI=1S/C7H14O5/c8-2-1-4-6(10)7(11)5(3-9)12-4/h4-11H,1-3H2/t4-,5+,6+,7+/m0/s1. The highest BCUT2D eigenvalue weighted by molar-refractivity contribution is 4.89. The van der Waals surface area contributed by atoms with Gasteiger partial charge < -0.3 is 25.2 Å². The lowest BCUT2D eigenvalue weighted by Crippen LogP contribution is -2.34. The van der Waals surface area contributed by atoms with Crippen molar-refractivity contribution < 1.29 is 25.2 Å². The van der Waals surface area contributed by atoms with Crippen molar-refractivity contribution in [2.75, 3.05) is 13.2 Å². The number of rotatable bonds is 3. The minimum atomic E-state index is -1.05.